The molecule has 0 aliphatic rings. The highest BCUT2D eigenvalue weighted by Crippen LogP contribution is 2.20. The molecule has 0 bridgehead atoms. The van der Waals surface area contributed by atoms with Crippen molar-refractivity contribution in [1.29, 1.82) is 0 Å². The number of aliphatic hydroxyl groups excluding tert-OH is 1. The summed E-state index contributed by atoms with van der Waals surface area (Å²) in [6, 6.07) is 2.09. The molecule has 0 aliphatic heterocycles. The smallest absolute Gasteiger partial charge is 0.243 e. The molecule has 14 amide bonds. The van der Waals surface area contributed by atoms with Gasteiger partial charge in [0.25, 0.3) is 0 Å². The van der Waals surface area contributed by atoms with Gasteiger partial charge in [-0.15, -0.1) is 0 Å². The number of fused-ring (bicyclic) bond motifs is 1. The monoisotopic (exact) mass is 1530 g/mol. The van der Waals surface area contributed by atoms with E-state index in [9.17, 15) is 77.3 Å². The molecular weight excluding hydrogens is 1410 g/mol. The summed E-state index contributed by atoms with van der Waals surface area (Å²) in [7, 11) is 0. The van der Waals surface area contributed by atoms with E-state index in [1.54, 1.807) is 46.0 Å². The van der Waals surface area contributed by atoms with Gasteiger partial charge >= 0.3 is 0 Å². The molecule has 109 heavy (non-hydrogen) atoms. The van der Waals surface area contributed by atoms with Crippen molar-refractivity contribution in [2.75, 3.05) is 45.9 Å². The van der Waals surface area contributed by atoms with E-state index in [1.807, 2.05) is 24.3 Å². The van der Waals surface area contributed by atoms with E-state index in [0.29, 0.717) is 70.0 Å². The van der Waals surface area contributed by atoms with Gasteiger partial charge < -0.3 is 113 Å². The van der Waals surface area contributed by atoms with Crippen molar-refractivity contribution >= 4 is 99.6 Å². The number of H-pyrrole nitrogens is 1. The van der Waals surface area contributed by atoms with Gasteiger partial charge in [0.05, 0.1) is 19.2 Å². The molecule has 10 atom stereocenters. The molecule has 0 radical (unpaired) electrons. The first-order valence-electron chi connectivity index (χ1n) is 37.3. The maximum absolute atomic E-state index is 14.0. The highest BCUT2D eigenvalue weighted by Gasteiger charge is 2.33. The summed E-state index contributed by atoms with van der Waals surface area (Å²) in [5.41, 5.74) is 30.7. The Balaban J connectivity index is 1.37. The van der Waals surface area contributed by atoms with Gasteiger partial charge in [0, 0.05) is 69.0 Å². The highest BCUT2D eigenvalue weighted by atomic mass is 16.3. The summed E-state index contributed by atoms with van der Waals surface area (Å²) in [4.78, 5) is 191. The van der Waals surface area contributed by atoms with Crippen LogP contribution in [0.15, 0.2) is 59.7 Å². The number of aliphatic imine (C=N–C) groups is 1. The number of benzene rings is 2. The van der Waals surface area contributed by atoms with E-state index in [-0.39, 0.29) is 119 Å². The summed E-state index contributed by atoms with van der Waals surface area (Å²) in [6.07, 6.45) is 7.00. The van der Waals surface area contributed by atoms with E-state index in [4.69, 9.17) is 28.7 Å². The number of nitrogens with one attached hydrogen (secondary N) is 14. The zero-order valence-electron chi connectivity index (χ0n) is 63.7. The molecule has 1 aromatic heterocycles. The Morgan fingerprint density at radius 1 is 0.450 bits per heavy atom. The van der Waals surface area contributed by atoms with Crippen molar-refractivity contribution in [3.63, 3.8) is 0 Å². The van der Waals surface area contributed by atoms with Crippen LogP contribution >= 0.6 is 0 Å². The predicted octanol–water partition coefficient (Wildman–Crippen LogP) is -2.86. The van der Waals surface area contributed by atoms with Gasteiger partial charge in [-0.1, -0.05) is 58.0 Å². The maximum atomic E-state index is 14.0. The number of unbranched alkanes of at least 4 members (excludes halogenated alkanes) is 4. The normalized spacial score (nSPS) is 13.9. The second kappa shape index (κ2) is 50.2. The van der Waals surface area contributed by atoms with Crippen LogP contribution in [0.2, 0.25) is 0 Å². The number of para-hydroxylation sites is 1. The van der Waals surface area contributed by atoms with E-state index >= 15 is 0 Å². The van der Waals surface area contributed by atoms with Crippen molar-refractivity contribution in [3.8, 4) is 5.75 Å². The van der Waals surface area contributed by atoms with Crippen LogP contribution in [0.1, 0.15) is 162 Å². The lowest BCUT2D eigenvalue weighted by Crippen LogP contribution is -2.58. The fourth-order valence-corrected chi connectivity index (χ4v) is 11.2. The number of guanidine groups is 1. The van der Waals surface area contributed by atoms with Gasteiger partial charge in [-0.2, -0.15) is 0 Å². The standard InChI is InChI=1S/C73H118N20O16/c1-42(2)35-55(70(107)92-56(36-43(3)4)71(108)93-58(41-94)63(76)100)88-62(99)40-84-64(101)44(5)86-65(102)46(7)87-69(106)54(22-18-34-82-73(77)78)89-66(103)45(6)85-61(98)25-13-16-32-80-59(96)23-11-15-31-79-60(97)24-12-17-33-81-68(105)53(21-10-14-30-74)90-72(109)57(37-47-26-28-49(95)29-27-47)91-67(104)51(75)38-48-39-83-52-20-9-8-19-50(48)52/h8-9,19-20,26-29,39,42-46,51,53-58,83,94-95H,10-18,21-25,30-38,40-41,74-75H2,1-7H3,(H2,76,100)(H,79,97)(H,80,96)(H,81,105)(H,84,101)(H,85,98)(H,86,102)(H,87,106)(H,88,99)(H,89,103)(H,90,109)(H,91,104)(H,92,107)(H,93,108)(H4,77,78,82)/t44-,45-,46-,51-,53-,54-,55-,56-,57-,58-/m0/s1. The first-order valence-corrected chi connectivity index (χ1v) is 37.3. The number of primary amides is 1. The van der Waals surface area contributed by atoms with Crippen molar-refractivity contribution in [1.82, 2.24) is 74.1 Å². The molecule has 0 unspecified atom stereocenters. The molecular formula is C73H118N20O16. The summed E-state index contributed by atoms with van der Waals surface area (Å²) < 4.78 is 0. The molecule has 606 valence electrons. The number of nitrogens with zero attached hydrogens (tertiary/aromatic N) is 1. The van der Waals surface area contributed by atoms with Crippen LogP contribution in [-0.2, 0) is 80.0 Å². The average Bonchev–Trinajstić information content (AvgIpc) is 1.71. The maximum Gasteiger partial charge on any atom is 0.243 e. The SMILES string of the molecule is CC(C)C[C@H](NC(=O)CNC(=O)[C@H](C)NC(=O)[C@H](C)NC(=O)[C@H](CCCN=C(N)N)NC(=O)[C@H](C)NC(=O)CCCCNC(=O)CCCCNC(=O)CCCCNC(=O)[C@H](CCCCN)NC(=O)[C@H](Cc1ccc(O)cc1)NC(=O)[C@@H](N)Cc1c[nH]c2ccccc12)C(=O)N[C@@H](CC(C)C)C(=O)N[C@@H](CO)C(N)=O. The lowest BCUT2D eigenvalue weighted by Gasteiger charge is -2.26. The molecule has 0 saturated carbocycles. The molecule has 0 spiro atoms. The van der Waals surface area contributed by atoms with Crippen molar-refractivity contribution in [3.05, 3.63) is 65.9 Å². The number of phenols is 1. The summed E-state index contributed by atoms with van der Waals surface area (Å²) in [5, 5.41) is 54.3. The van der Waals surface area contributed by atoms with E-state index < -0.39 is 144 Å². The number of carbonyl (C=O) groups excluding carboxylic acids is 14. The molecule has 2 aromatic carbocycles. The number of aliphatic hydroxyl groups is 1. The van der Waals surface area contributed by atoms with E-state index in [1.165, 1.54) is 32.9 Å². The number of carbonyl (C=O) groups is 14. The van der Waals surface area contributed by atoms with Gasteiger partial charge in [-0.05, 0) is 158 Å². The number of amides is 14. The minimum atomic E-state index is -1.40. The predicted molar refractivity (Wildman–Crippen MR) is 408 cm³/mol. The third-order valence-corrected chi connectivity index (χ3v) is 17.3. The number of nitrogens with two attached hydrogens (primary N) is 5. The Morgan fingerprint density at radius 3 is 1.50 bits per heavy atom. The van der Waals surface area contributed by atoms with Crippen LogP contribution in [-0.4, -0.2) is 210 Å². The van der Waals surface area contributed by atoms with Gasteiger partial charge in [-0.3, -0.25) is 72.1 Å². The quantitative estimate of drug-likeness (QED) is 0.0154. The second-order valence-corrected chi connectivity index (χ2v) is 27.9. The number of aromatic amines is 1. The minimum absolute atomic E-state index is 0.00545. The number of hydrogen-bond donors (Lipinski definition) is 21. The highest BCUT2D eigenvalue weighted by molar-refractivity contribution is 5.98. The van der Waals surface area contributed by atoms with Gasteiger partial charge in [0.2, 0.25) is 82.7 Å². The van der Waals surface area contributed by atoms with Crippen LogP contribution in [0.3, 0.4) is 0 Å². The fourth-order valence-electron chi connectivity index (χ4n) is 11.2. The number of hydrogen-bond acceptors (Lipinski definition) is 19. The zero-order valence-corrected chi connectivity index (χ0v) is 63.7. The molecule has 0 aliphatic carbocycles. The third kappa shape index (κ3) is 37.3. The Labute approximate surface area is 636 Å². The topological polar surface area (TPSA) is 594 Å². The van der Waals surface area contributed by atoms with Gasteiger partial charge in [0.1, 0.15) is 60.1 Å². The largest absolute Gasteiger partial charge is 0.508 e. The van der Waals surface area contributed by atoms with Crippen molar-refractivity contribution < 1.29 is 77.3 Å². The van der Waals surface area contributed by atoms with E-state index in [2.05, 4.69) is 79.1 Å². The molecule has 26 N–H and O–H groups in total. The third-order valence-electron chi connectivity index (χ3n) is 17.3. The Hall–Kier alpha value is -10.5. The molecule has 36 nitrogen and oxygen atoms in total. The lowest BCUT2D eigenvalue weighted by atomic mass is 10.00. The zero-order chi connectivity index (χ0) is 81.1. The summed E-state index contributed by atoms with van der Waals surface area (Å²) >= 11 is 0. The number of aromatic nitrogens is 1. The lowest BCUT2D eigenvalue weighted by molar-refractivity contribution is -0.134. The van der Waals surface area contributed by atoms with E-state index in [0.717, 1.165) is 16.5 Å². The van der Waals surface area contributed by atoms with Crippen molar-refractivity contribution in [2.45, 2.75) is 224 Å². The molecule has 0 fully saturated rings. The van der Waals surface area contributed by atoms with Crippen molar-refractivity contribution in [2.24, 2.45) is 45.5 Å². The first kappa shape index (κ1) is 92.7. The van der Waals surface area contributed by atoms with Crippen LogP contribution in [0.5, 0.6) is 5.75 Å². The Bertz CT molecular complexity index is 3490. The number of rotatable bonds is 53. The molecule has 36 heteroatoms. The summed E-state index contributed by atoms with van der Waals surface area (Å²) in [5.74, 6) is -9.34. The van der Waals surface area contributed by atoms with Crippen LogP contribution in [0.4, 0.5) is 0 Å². The molecule has 1 heterocycles. The fraction of sp³-hybridized carbons (Fsp3) is 0.603. The Morgan fingerprint density at radius 2 is 0.927 bits per heavy atom. The molecule has 0 saturated heterocycles. The van der Waals surface area contributed by atoms with Crippen LogP contribution < -0.4 is 97.8 Å². The molecule has 3 rings (SSSR count). The number of aromatic hydroxyl groups is 1. The summed E-state index contributed by atoms with van der Waals surface area (Å²) in [6.45, 7) is 11.1. The van der Waals surface area contributed by atoms with Gasteiger partial charge in [-0.25, -0.2) is 0 Å². The van der Waals surface area contributed by atoms with Gasteiger partial charge in [0.15, 0.2) is 5.96 Å². The van der Waals surface area contributed by atoms with Crippen LogP contribution in [0.25, 0.3) is 10.9 Å². The van der Waals surface area contributed by atoms with Crippen LogP contribution in [0, 0.1) is 11.8 Å². The number of phenolic OH excluding ortho intramolecular Hbond substituents is 1. The Kier molecular flexibility index (Phi) is 42.7. The molecule has 3 aromatic rings. The first-order chi connectivity index (χ1) is 51.7. The average molecular weight is 1530 g/mol. The second-order valence-electron chi connectivity index (χ2n) is 27.9. The minimum Gasteiger partial charge on any atom is -0.508 e.